The van der Waals surface area contributed by atoms with Crippen molar-refractivity contribution in [2.75, 3.05) is 7.05 Å². The van der Waals surface area contributed by atoms with Crippen molar-refractivity contribution in [1.29, 1.82) is 0 Å². The van der Waals surface area contributed by atoms with Crippen molar-refractivity contribution in [1.82, 2.24) is 14.8 Å². The van der Waals surface area contributed by atoms with Gasteiger partial charge in [-0.05, 0) is 24.6 Å². The molecule has 130 valence electrons. The summed E-state index contributed by atoms with van der Waals surface area (Å²) in [5.41, 5.74) is 2.83. The Balaban J connectivity index is 1.93. The fourth-order valence-electron chi connectivity index (χ4n) is 3.03. The fourth-order valence-corrected chi connectivity index (χ4v) is 3.03. The lowest BCUT2D eigenvalue weighted by Crippen LogP contribution is -3.11. The molecule has 2 aromatic heterocycles. The number of hydrogen-bond acceptors (Lipinski definition) is 5. The highest BCUT2D eigenvalue weighted by Gasteiger charge is 2.28. The lowest BCUT2D eigenvalue weighted by molar-refractivity contribution is -1.06. The maximum Gasteiger partial charge on any atom is 0.162 e. The minimum absolute atomic E-state index is 0.0289. The van der Waals surface area contributed by atoms with Crippen molar-refractivity contribution in [3.8, 4) is 5.82 Å². The van der Waals surface area contributed by atoms with Gasteiger partial charge in [0.1, 0.15) is 6.20 Å². The summed E-state index contributed by atoms with van der Waals surface area (Å²) >= 11 is 0. The molecule has 0 radical (unpaired) electrons. The molecule has 7 nitrogen and oxygen atoms in total. The number of nitrogens with zero attached hydrogens (tertiary/aromatic N) is 5. The van der Waals surface area contributed by atoms with Crippen LogP contribution < -0.4 is 5.06 Å². The molecule has 0 fully saturated rings. The molecule has 25 heavy (non-hydrogen) atoms. The van der Waals surface area contributed by atoms with Crippen LogP contribution in [0.15, 0.2) is 53.0 Å². The molecule has 3 heterocycles. The Morgan fingerprint density at radius 2 is 2.24 bits per heavy atom. The normalized spacial score (nSPS) is 20.2. The maximum absolute atomic E-state index is 10.2. The first kappa shape index (κ1) is 17.2. The van der Waals surface area contributed by atoms with Gasteiger partial charge in [0, 0.05) is 44.1 Å². The third-order valence-electron chi connectivity index (χ3n) is 4.19. The first-order valence-electron chi connectivity index (χ1n) is 8.44. The number of pyridine rings is 1. The molecule has 0 aromatic carbocycles. The van der Waals surface area contributed by atoms with E-state index in [0.717, 1.165) is 35.6 Å². The second-order valence-electron chi connectivity index (χ2n) is 5.92. The zero-order valence-electron chi connectivity index (χ0n) is 14.5. The monoisotopic (exact) mass is 339 g/mol. The van der Waals surface area contributed by atoms with Crippen LogP contribution in [0.1, 0.15) is 31.0 Å². The minimum Gasteiger partial charge on any atom is -0.296 e. The summed E-state index contributed by atoms with van der Waals surface area (Å²) in [6.07, 6.45) is 11.1. The van der Waals surface area contributed by atoms with Gasteiger partial charge in [-0.15, -0.1) is 0 Å². The summed E-state index contributed by atoms with van der Waals surface area (Å²) < 4.78 is 1.82. The molecule has 7 heteroatoms. The zero-order valence-corrected chi connectivity index (χ0v) is 14.5. The number of aromatic nitrogens is 3. The van der Waals surface area contributed by atoms with Crippen LogP contribution in [0, 0.1) is 0 Å². The van der Waals surface area contributed by atoms with Crippen molar-refractivity contribution >= 4 is 11.9 Å². The van der Waals surface area contributed by atoms with Crippen molar-refractivity contribution in [3.63, 3.8) is 0 Å². The number of quaternary nitrogens is 1. The van der Waals surface area contributed by atoms with Crippen LogP contribution in [-0.2, 0) is 6.42 Å². The fraction of sp³-hybridized carbons (Fsp3) is 0.333. The first-order valence-corrected chi connectivity index (χ1v) is 8.44. The second kappa shape index (κ2) is 7.96. The van der Waals surface area contributed by atoms with E-state index in [1.807, 2.05) is 22.9 Å². The van der Waals surface area contributed by atoms with Gasteiger partial charge < -0.3 is 0 Å². The van der Waals surface area contributed by atoms with Crippen LogP contribution in [0.4, 0.5) is 0 Å². The summed E-state index contributed by atoms with van der Waals surface area (Å²) in [4.78, 5) is 13.1. The lowest BCUT2D eigenvalue weighted by atomic mass is 10.0. The molecule has 0 saturated carbocycles. The average Bonchev–Trinajstić information content (AvgIpc) is 3.07. The van der Waals surface area contributed by atoms with Crippen molar-refractivity contribution < 1.29 is 10.3 Å². The Kier molecular flexibility index (Phi) is 5.47. The number of aliphatic imine (C=N–C) groups is 2. The van der Waals surface area contributed by atoms with Gasteiger partial charge in [0.25, 0.3) is 0 Å². The van der Waals surface area contributed by atoms with E-state index in [9.17, 15) is 5.21 Å². The minimum atomic E-state index is -0.0289. The van der Waals surface area contributed by atoms with E-state index in [1.54, 1.807) is 38.1 Å². The summed E-state index contributed by atoms with van der Waals surface area (Å²) in [6.45, 7) is 2.11. The Morgan fingerprint density at radius 1 is 1.36 bits per heavy atom. The predicted octanol–water partition coefficient (Wildman–Crippen LogP) is 1.23. The highest BCUT2D eigenvalue weighted by molar-refractivity contribution is 5.91. The molecule has 2 unspecified atom stereocenters. The molecule has 2 atom stereocenters. The van der Waals surface area contributed by atoms with Gasteiger partial charge in [0.05, 0.1) is 17.6 Å². The SMILES string of the molecule is CCCC1C(Cc2ccnn2-c2ncccc2C=NC)=NC=C[NH+]1O. The van der Waals surface area contributed by atoms with E-state index < -0.39 is 0 Å². The van der Waals surface area contributed by atoms with Gasteiger partial charge in [-0.1, -0.05) is 6.92 Å². The number of nitrogens with one attached hydrogen (secondary N) is 1. The number of hydrogen-bond donors (Lipinski definition) is 2. The highest BCUT2D eigenvalue weighted by atomic mass is 16.5. The zero-order chi connectivity index (χ0) is 17.6. The van der Waals surface area contributed by atoms with Gasteiger partial charge in [-0.3, -0.25) is 9.98 Å². The summed E-state index contributed by atoms with van der Waals surface area (Å²) in [5, 5.41) is 15.0. The lowest BCUT2D eigenvalue weighted by Gasteiger charge is -2.22. The third-order valence-corrected chi connectivity index (χ3v) is 4.19. The maximum atomic E-state index is 10.2. The quantitative estimate of drug-likeness (QED) is 0.777. The van der Waals surface area contributed by atoms with E-state index in [1.165, 1.54) is 0 Å². The van der Waals surface area contributed by atoms with Crippen LogP contribution in [0.5, 0.6) is 0 Å². The molecule has 0 spiro atoms. The standard InChI is InChI=1S/C18H22N6O/c1-3-5-17-16(20-10-11-23(17)25)12-15-7-9-22-24(15)18-14(13-19-2)6-4-8-21-18/h4,6-11,13,17,25H,3,5,12H2,1-2H3/p+1. The van der Waals surface area contributed by atoms with E-state index in [-0.39, 0.29) is 6.04 Å². The largest absolute Gasteiger partial charge is 0.296 e. The smallest absolute Gasteiger partial charge is 0.162 e. The van der Waals surface area contributed by atoms with E-state index >= 15 is 0 Å². The number of hydroxylamine groups is 2. The van der Waals surface area contributed by atoms with Crippen LogP contribution in [0.2, 0.25) is 0 Å². The Hall–Kier alpha value is -2.64. The second-order valence-corrected chi connectivity index (χ2v) is 5.92. The van der Waals surface area contributed by atoms with Crippen molar-refractivity contribution in [2.45, 2.75) is 32.2 Å². The summed E-state index contributed by atoms with van der Waals surface area (Å²) in [5.74, 6) is 0.736. The molecule has 0 aliphatic carbocycles. The van der Waals surface area contributed by atoms with Crippen LogP contribution in [-0.4, -0.2) is 45.0 Å². The van der Waals surface area contributed by atoms with E-state index in [2.05, 4.69) is 27.0 Å². The molecule has 0 bridgehead atoms. The first-order chi connectivity index (χ1) is 12.2. The average molecular weight is 339 g/mol. The Morgan fingerprint density at radius 3 is 3.04 bits per heavy atom. The molecule has 2 N–H and O–H groups in total. The molecular formula is C18H23N6O+. The van der Waals surface area contributed by atoms with Gasteiger partial charge in [0.2, 0.25) is 0 Å². The molecule has 0 amide bonds. The van der Waals surface area contributed by atoms with Crippen LogP contribution in [0.25, 0.3) is 5.82 Å². The van der Waals surface area contributed by atoms with Crippen molar-refractivity contribution in [2.24, 2.45) is 9.98 Å². The predicted molar refractivity (Wildman–Crippen MR) is 96.6 cm³/mol. The topological polar surface area (TPSA) is 80.1 Å². The molecular weight excluding hydrogens is 316 g/mol. The number of rotatable bonds is 6. The van der Waals surface area contributed by atoms with Gasteiger partial charge in [0.15, 0.2) is 11.9 Å². The molecule has 2 aromatic rings. The van der Waals surface area contributed by atoms with Crippen LogP contribution in [0.3, 0.4) is 0 Å². The molecule has 1 aliphatic rings. The van der Waals surface area contributed by atoms with Gasteiger partial charge in [-0.25, -0.2) is 14.9 Å². The molecule has 3 rings (SSSR count). The van der Waals surface area contributed by atoms with E-state index in [0.29, 0.717) is 11.5 Å². The summed E-state index contributed by atoms with van der Waals surface area (Å²) in [6, 6.07) is 5.77. The highest BCUT2D eigenvalue weighted by Crippen LogP contribution is 2.14. The third kappa shape index (κ3) is 3.72. The molecule has 1 aliphatic heterocycles. The van der Waals surface area contributed by atoms with Crippen LogP contribution >= 0.6 is 0 Å². The van der Waals surface area contributed by atoms with E-state index in [4.69, 9.17) is 0 Å². The molecule has 0 saturated heterocycles. The van der Waals surface area contributed by atoms with Gasteiger partial charge in [-0.2, -0.15) is 10.2 Å². The van der Waals surface area contributed by atoms with Crippen molar-refractivity contribution in [3.05, 3.63) is 54.3 Å². The van der Waals surface area contributed by atoms with Gasteiger partial charge >= 0.3 is 0 Å². The Bertz CT molecular complexity index is 807. The summed E-state index contributed by atoms with van der Waals surface area (Å²) in [7, 11) is 1.73. The Labute approximate surface area is 147 Å².